The van der Waals surface area contributed by atoms with Gasteiger partial charge in [0.25, 0.3) is 0 Å². The summed E-state index contributed by atoms with van der Waals surface area (Å²) < 4.78 is 6.88. The summed E-state index contributed by atoms with van der Waals surface area (Å²) in [6.07, 6.45) is 3.01. The van der Waals surface area contributed by atoms with Crippen LogP contribution in [0.1, 0.15) is 22.2 Å². The second-order valence-electron chi connectivity index (χ2n) is 5.94. The molecule has 0 aliphatic rings. The molecular weight excluding hydrogens is 384 g/mol. The molecule has 0 radical (unpaired) electrons. The number of benzene rings is 1. The van der Waals surface area contributed by atoms with Gasteiger partial charge in [-0.05, 0) is 24.6 Å². The standard InChI is InChI=1S/C18H15ClN6OS/c1-11-4-3-5-12(8-11)15(16-21-10-26-24-16)27-18-23-22-17(25(18)2)13-6-7-14(19)20-9-13/h3-10,15H,1-2H3. The van der Waals surface area contributed by atoms with E-state index in [9.17, 15) is 0 Å². The summed E-state index contributed by atoms with van der Waals surface area (Å²) in [6.45, 7) is 2.05. The molecule has 0 bridgehead atoms. The first kappa shape index (κ1) is 17.7. The van der Waals surface area contributed by atoms with E-state index >= 15 is 0 Å². The van der Waals surface area contributed by atoms with Crippen molar-refractivity contribution in [2.45, 2.75) is 17.3 Å². The third-order valence-electron chi connectivity index (χ3n) is 4.00. The molecular formula is C18H15ClN6OS. The van der Waals surface area contributed by atoms with Crippen molar-refractivity contribution in [2.75, 3.05) is 0 Å². The van der Waals surface area contributed by atoms with E-state index in [4.69, 9.17) is 16.1 Å². The molecule has 27 heavy (non-hydrogen) atoms. The number of thioether (sulfide) groups is 1. The normalized spacial score (nSPS) is 12.3. The number of halogens is 1. The number of nitrogens with zero attached hydrogens (tertiary/aromatic N) is 6. The summed E-state index contributed by atoms with van der Waals surface area (Å²) >= 11 is 7.38. The molecule has 1 unspecified atom stereocenters. The highest BCUT2D eigenvalue weighted by atomic mass is 35.5. The summed E-state index contributed by atoms with van der Waals surface area (Å²) in [7, 11) is 1.91. The van der Waals surface area contributed by atoms with Crippen molar-refractivity contribution in [3.63, 3.8) is 0 Å². The molecule has 4 rings (SSSR count). The molecule has 0 spiro atoms. The van der Waals surface area contributed by atoms with Gasteiger partial charge in [-0.3, -0.25) is 0 Å². The van der Waals surface area contributed by atoms with Crippen molar-refractivity contribution >= 4 is 23.4 Å². The zero-order chi connectivity index (χ0) is 18.8. The molecule has 0 amide bonds. The van der Waals surface area contributed by atoms with Gasteiger partial charge >= 0.3 is 0 Å². The Balaban J connectivity index is 1.69. The molecule has 3 aromatic heterocycles. The molecule has 0 fully saturated rings. The number of hydrogen-bond acceptors (Lipinski definition) is 7. The third kappa shape index (κ3) is 3.72. The zero-order valence-corrected chi connectivity index (χ0v) is 16.1. The summed E-state index contributed by atoms with van der Waals surface area (Å²) in [4.78, 5) is 8.35. The molecule has 0 aliphatic heterocycles. The van der Waals surface area contributed by atoms with E-state index in [2.05, 4.69) is 44.4 Å². The van der Waals surface area contributed by atoms with Crippen molar-refractivity contribution in [2.24, 2.45) is 7.05 Å². The Morgan fingerprint density at radius 3 is 2.74 bits per heavy atom. The predicted octanol–water partition coefficient (Wildman–Crippen LogP) is 4.10. The Labute approximate surface area is 164 Å². The number of rotatable bonds is 5. The van der Waals surface area contributed by atoms with Crippen molar-refractivity contribution in [3.05, 3.63) is 71.1 Å². The SMILES string of the molecule is Cc1cccc(C(Sc2nnc(-c3ccc(Cl)nc3)n2C)c2ncon2)c1. The van der Waals surface area contributed by atoms with Crippen molar-refractivity contribution in [3.8, 4) is 11.4 Å². The largest absolute Gasteiger partial charge is 0.343 e. The maximum absolute atomic E-state index is 5.87. The van der Waals surface area contributed by atoms with Crippen molar-refractivity contribution < 1.29 is 4.52 Å². The monoisotopic (exact) mass is 398 g/mol. The van der Waals surface area contributed by atoms with Crippen LogP contribution in [0, 0.1) is 6.92 Å². The molecule has 0 saturated heterocycles. The Bertz CT molecular complexity index is 1050. The van der Waals surface area contributed by atoms with Crippen LogP contribution in [0.2, 0.25) is 5.15 Å². The van der Waals surface area contributed by atoms with Gasteiger partial charge < -0.3 is 9.09 Å². The minimum Gasteiger partial charge on any atom is -0.343 e. The Morgan fingerprint density at radius 2 is 2.04 bits per heavy atom. The second kappa shape index (κ2) is 7.50. The summed E-state index contributed by atoms with van der Waals surface area (Å²) in [5, 5.41) is 13.7. The van der Waals surface area contributed by atoms with E-state index in [1.54, 1.807) is 12.3 Å². The fraction of sp³-hybridized carbons (Fsp3) is 0.167. The number of aromatic nitrogens is 6. The maximum atomic E-state index is 5.87. The van der Waals surface area contributed by atoms with Crippen LogP contribution in [0.25, 0.3) is 11.4 Å². The fourth-order valence-corrected chi connectivity index (χ4v) is 3.83. The van der Waals surface area contributed by atoms with Crippen molar-refractivity contribution in [1.82, 2.24) is 29.9 Å². The van der Waals surface area contributed by atoms with Gasteiger partial charge in [0, 0.05) is 18.8 Å². The third-order valence-corrected chi connectivity index (χ3v) is 5.51. The number of pyridine rings is 1. The quantitative estimate of drug-likeness (QED) is 0.369. The first-order valence-corrected chi connectivity index (χ1v) is 9.38. The smallest absolute Gasteiger partial charge is 0.213 e. The maximum Gasteiger partial charge on any atom is 0.213 e. The number of aryl methyl sites for hydroxylation is 1. The van der Waals surface area contributed by atoms with Gasteiger partial charge in [0.15, 0.2) is 16.8 Å². The first-order chi connectivity index (χ1) is 13.1. The molecule has 136 valence electrons. The van der Waals surface area contributed by atoms with E-state index < -0.39 is 0 Å². The highest BCUT2D eigenvalue weighted by molar-refractivity contribution is 7.99. The molecule has 3 heterocycles. The molecule has 9 heteroatoms. The molecule has 0 N–H and O–H groups in total. The summed E-state index contributed by atoms with van der Waals surface area (Å²) in [5.74, 6) is 1.29. The molecule has 7 nitrogen and oxygen atoms in total. The molecule has 0 aliphatic carbocycles. The van der Waals surface area contributed by atoms with E-state index in [0.717, 1.165) is 21.8 Å². The van der Waals surface area contributed by atoms with Crippen LogP contribution in [0.3, 0.4) is 0 Å². The van der Waals surface area contributed by atoms with Gasteiger partial charge in [-0.15, -0.1) is 10.2 Å². The minimum absolute atomic E-state index is 0.164. The average molecular weight is 399 g/mol. The lowest BCUT2D eigenvalue weighted by molar-refractivity contribution is 0.411. The molecule has 1 aromatic carbocycles. The van der Waals surface area contributed by atoms with Gasteiger partial charge in [-0.1, -0.05) is 58.3 Å². The first-order valence-electron chi connectivity index (χ1n) is 8.12. The number of hydrogen-bond donors (Lipinski definition) is 0. The lowest BCUT2D eigenvalue weighted by Crippen LogP contribution is -2.03. The predicted molar refractivity (Wildman–Crippen MR) is 102 cm³/mol. The zero-order valence-electron chi connectivity index (χ0n) is 14.6. The Kier molecular flexibility index (Phi) is 4.91. The average Bonchev–Trinajstić information content (AvgIpc) is 3.31. The summed E-state index contributed by atoms with van der Waals surface area (Å²) in [5.41, 5.74) is 3.07. The van der Waals surface area contributed by atoms with E-state index in [-0.39, 0.29) is 5.25 Å². The van der Waals surface area contributed by atoms with Crippen LogP contribution in [-0.2, 0) is 7.05 Å². The van der Waals surface area contributed by atoms with Gasteiger partial charge in [0.1, 0.15) is 10.4 Å². The van der Waals surface area contributed by atoms with E-state index in [0.29, 0.717) is 16.8 Å². The van der Waals surface area contributed by atoms with Crippen LogP contribution in [0.5, 0.6) is 0 Å². The lowest BCUT2D eigenvalue weighted by atomic mass is 10.1. The highest BCUT2D eigenvalue weighted by Gasteiger charge is 2.24. The van der Waals surface area contributed by atoms with Gasteiger partial charge in [-0.25, -0.2) is 4.98 Å². The van der Waals surface area contributed by atoms with Gasteiger partial charge in [0.05, 0.1) is 0 Å². The molecule has 0 saturated carbocycles. The van der Waals surface area contributed by atoms with Crippen LogP contribution in [-0.4, -0.2) is 29.9 Å². The lowest BCUT2D eigenvalue weighted by Gasteiger charge is -2.13. The van der Waals surface area contributed by atoms with Gasteiger partial charge in [-0.2, -0.15) is 4.98 Å². The van der Waals surface area contributed by atoms with Crippen LogP contribution >= 0.6 is 23.4 Å². The van der Waals surface area contributed by atoms with Crippen LogP contribution in [0.4, 0.5) is 0 Å². The van der Waals surface area contributed by atoms with Crippen LogP contribution in [0.15, 0.2) is 58.7 Å². The fourth-order valence-electron chi connectivity index (χ4n) is 2.68. The van der Waals surface area contributed by atoms with Crippen molar-refractivity contribution in [1.29, 1.82) is 0 Å². The highest BCUT2D eigenvalue weighted by Crippen LogP contribution is 2.39. The van der Waals surface area contributed by atoms with Gasteiger partial charge in [0.2, 0.25) is 6.39 Å². The Hall–Kier alpha value is -2.71. The summed E-state index contributed by atoms with van der Waals surface area (Å²) in [6, 6.07) is 11.8. The van der Waals surface area contributed by atoms with E-state index in [1.807, 2.05) is 29.8 Å². The Morgan fingerprint density at radius 1 is 1.15 bits per heavy atom. The topological polar surface area (TPSA) is 82.5 Å². The minimum atomic E-state index is -0.164. The second-order valence-corrected chi connectivity index (χ2v) is 7.40. The van der Waals surface area contributed by atoms with E-state index in [1.165, 1.54) is 18.2 Å². The van der Waals surface area contributed by atoms with Crippen LogP contribution < -0.4 is 0 Å². The molecule has 4 aromatic rings. The molecule has 1 atom stereocenters.